The van der Waals surface area contributed by atoms with Gasteiger partial charge in [0, 0.05) is 38.9 Å². The maximum absolute atomic E-state index is 10.9. The second kappa shape index (κ2) is 4.75. The van der Waals surface area contributed by atoms with E-state index < -0.39 is 5.97 Å². The molecule has 0 bridgehead atoms. The van der Waals surface area contributed by atoms with Crippen LogP contribution in [-0.2, 0) is 6.54 Å². The number of piperazine rings is 1. The third kappa shape index (κ3) is 2.41. The molecule has 1 fully saturated rings. The fraction of sp³-hybridized carbons (Fsp3) is 0.636. The van der Waals surface area contributed by atoms with Crippen LogP contribution in [-0.4, -0.2) is 58.8 Å². The summed E-state index contributed by atoms with van der Waals surface area (Å²) in [5.74, 6) is -0.189. The molecular formula is C11H18N4O2. The summed E-state index contributed by atoms with van der Waals surface area (Å²) in [6, 6.07) is 0. The van der Waals surface area contributed by atoms with Crippen molar-refractivity contribution in [1.29, 1.82) is 0 Å². The molecule has 1 aromatic heterocycles. The highest BCUT2D eigenvalue weighted by atomic mass is 16.4. The molecule has 94 valence electrons. The lowest BCUT2D eigenvalue weighted by atomic mass is 10.3. The highest BCUT2D eigenvalue weighted by molar-refractivity contribution is 5.85. The number of carboxylic acids is 1. The van der Waals surface area contributed by atoms with E-state index in [1.165, 1.54) is 0 Å². The normalized spacial score (nSPS) is 17.4. The molecule has 0 aromatic carbocycles. The Morgan fingerprint density at radius 3 is 2.59 bits per heavy atom. The molecule has 6 heteroatoms. The number of hydrogen-bond acceptors (Lipinski definition) is 4. The first-order valence-electron chi connectivity index (χ1n) is 5.85. The zero-order valence-corrected chi connectivity index (χ0v) is 10.3. The van der Waals surface area contributed by atoms with Crippen molar-refractivity contribution in [2.24, 2.45) is 0 Å². The fourth-order valence-corrected chi connectivity index (χ4v) is 2.00. The van der Waals surface area contributed by atoms with Gasteiger partial charge >= 0.3 is 5.97 Å². The van der Waals surface area contributed by atoms with Gasteiger partial charge in [0.2, 0.25) is 5.95 Å². The lowest BCUT2D eigenvalue weighted by molar-refractivity contribution is 0.0691. The number of rotatable bonds is 3. The first-order valence-corrected chi connectivity index (χ1v) is 5.85. The molecule has 1 aliphatic rings. The topological polar surface area (TPSA) is 61.6 Å². The number of carbonyl (C=O) groups is 1. The summed E-state index contributed by atoms with van der Waals surface area (Å²) < 4.78 is 1.90. The van der Waals surface area contributed by atoms with Crippen LogP contribution >= 0.6 is 0 Å². The zero-order valence-electron chi connectivity index (χ0n) is 10.3. The van der Waals surface area contributed by atoms with Crippen molar-refractivity contribution in [3.8, 4) is 0 Å². The Bertz CT molecular complexity index is 408. The molecule has 0 spiro atoms. The molecule has 0 aliphatic carbocycles. The summed E-state index contributed by atoms with van der Waals surface area (Å²) in [6.45, 7) is 6.49. The van der Waals surface area contributed by atoms with Gasteiger partial charge in [-0.05, 0) is 14.0 Å². The Hall–Kier alpha value is -1.56. The highest BCUT2D eigenvalue weighted by Gasteiger charge is 2.20. The first kappa shape index (κ1) is 11.9. The minimum absolute atomic E-state index is 0.126. The number of carboxylic acid groups (broad SMARTS) is 1. The number of imidazole rings is 1. The van der Waals surface area contributed by atoms with E-state index in [9.17, 15) is 4.79 Å². The molecule has 0 unspecified atom stereocenters. The van der Waals surface area contributed by atoms with Gasteiger partial charge in [-0.25, -0.2) is 9.78 Å². The van der Waals surface area contributed by atoms with E-state index in [1.54, 1.807) is 6.20 Å². The highest BCUT2D eigenvalue weighted by Crippen LogP contribution is 2.16. The molecule has 17 heavy (non-hydrogen) atoms. The first-order chi connectivity index (χ1) is 8.11. The van der Waals surface area contributed by atoms with E-state index in [1.807, 2.05) is 11.5 Å². The van der Waals surface area contributed by atoms with Crippen LogP contribution in [0.2, 0.25) is 0 Å². The van der Waals surface area contributed by atoms with E-state index in [0.29, 0.717) is 0 Å². The van der Waals surface area contributed by atoms with Crippen molar-refractivity contribution >= 4 is 11.9 Å². The molecule has 2 rings (SSSR count). The quantitative estimate of drug-likeness (QED) is 0.823. The molecule has 0 amide bonds. The van der Waals surface area contributed by atoms with Gasteiger partial charge in [-0.1, -0.05) is 0 Å². The lowest BCUT2D eigenvalue weighted by Crippen LogP contribution is -2.45. The van der Waals surface area contributed by atoms with Crippen molar-refractivity contribution in [2.75, 3.05) is 38.1 Å². The van der Waals surface area contributed by atoms with E-state index >= 15 is 0 Å². The summed E-state index contributed by atoms with van der Waals surface area (Å²) in [5, 5.41) is 8.96. The number of anilines is 1. The van der Waals surface area contributed by atoms with Gasteiger partial charge in [0.25, 0.3) is 0 Å². The second-order valence-electron chi connectivity index (χ2n) is 4.31. The minimum Gasteiger partial charge on any atom is -0.476 e. The van der Waals surface area contributed by atoms with Gasteiger partial charge in [0.1, 0.15) is 0 Å². The monoisotopic (exact) mass is 238 g/mol. The molecule has 0 atom stereocenters. The van der Waals surface area contributed by atoms with Crippen molar-refractivity contribution < 1.29 is 9.90 Å². The average molecular weight is 238 g/mol. The number of hydrogen-bond donors (Lipinski definition) is 1. The standard InChI is InChI=1S/C11H18N4O2/c1-3-14-8-9(10(16)17)12-11(14)15-6-4-13(2)5-7-15/h8H,3-7H2,1-2H3,(H,16,17). The Morgan fingerprint density at radius 1 is 1.41 bits per heavy atom. The predicted molar refractivity (Wildman–Crippen MR) is 64.6 cm³/mol. The second-order valence-corrected chi connectivity index (χ2v) is 4.31. The number of aryl methyl sites for hydroxylation is 1. The number of aromatic carboxylic acids is 1. The van der Waals surface area contributed by atoms with Gasteiger partial charge < -0.3 is 19.5 Å². The average Bonchev–Trinajstić information content (AvgIpc) is 2.74. The van der Waals surface area contributed by atoms with Gasteiger partial charge in [-0.3, -0.25) is 0 Å². The van der Waals surface area contributed by atoms with Gasteiger partial charge in [0.05, 0.1) is 0 Å². The molecule has 0 radical (unpaired) electrons. The number of likely N-dealkylation sites (N-methyl/N-ethyl adjacent to an activating group) is 1. The molecule has 1 aromatic rings. The predicted octanol–water partition coefficient (Wildman–Crippen LogP) is 0.353. The number of nitrogens with zero attached hydrogens (tertiary/aromatic N) is 4. The van der Waals surface area contributed by atoms with Gasteiger partial charge in [-0.15, -0.1) is 0 Å². The van der Waals surface area contributed by atoms with E-state index in [0.717, 1.165) is 38.7 Å². The molecule has 1 aliphatic heterocycles. The molecule has 1 N–H and O–H groups in total. The maximum atomic E-state index is 10.9. The summed E-state index contributed by atoms with van der Waals surface area (Å²) >= 11 is 0. The van der Waals surface area contributed by atoms with Gasteiger partial charge in [0.15, 0.2) is 5.69 Å². The molecule has 0 saturated carbocycles. The smallest absolute Gasteiger partial charge is 0.356 e. The largest absolute Gasteiger partial charge is 0.476 e. The Labute approximate surface area is 100 Å². The van der Waals surface area contributed by atoms with E-state index in [2.05, 4.69) is 21.8 Å². The van der Waals surface area contributed by atoms with Crippen LogP contribution in [0.3, 0.4) is 0 Å². The summed E-state index contributed by atoms with van der Waals surface area (Å²) in [4.78, 5) is 19.5. The van der Waals surface area contributed by atoms with Crippen molar-refractivity contribution in [2.45, 2.75) is 13.5 Å². The summed E-state index contributed by atoms with van der Waals surface area (Å²) in [5.41, 5.74) is 0.126. The third-order valence-electron chi connectivity index (χ3n) is 3.10. The van der Waals surface area contributed by atoms with Crippen molar-refractivity contribution in [3.63, 3.8) is 0 Å². The van der Waals surface area contributed by atoms with E-state index in [-0.39, 0.29) is 5.69 Å². The molecule has 1 saturated heterocycles. The maximum Gasteiger partial charge on any atom is 0.356 e. The minimum atomic E-state index is -0.965. The van der Waals surface area contributed by atoms with Gasteiger partial charge in [-0.2, -0.15) is 0 Å². The van der Waals surface area contributed by atoms with E-state index in [4.69, 9.17) is 5.11 Å². The molecule has 2 heterocycles. The number of aromatic nitrogens is 2. The van der Waals surface area contributed by atoms with Crippen LogP contribution in [0, 0.1) is 0 Å². The zero-order chi connectivity index (χ0) is 12.4. The Morgan fingerprint density at radius 2 is 2.06 bits per heavy atom. The fourth-order valence-electron chi connectivity index (χ4n) is 2.00. The van der Waals surface area contributed by atoms with Crippen molar-refractivity contribution in [3.05, 3.63) is 11.9 Å². The van der Waals surface area contributed by atoms with Crippen molar-refractivity contribution in [1.82, 2.24) is 14.5 Å². The molecular weight excluding hydrogens is 220 g/mol. The lowest BCUT2D eigenvalue weighted by Gasteiger charge is -2.33. The van der Waals surface area contributed by atoms with Crippen LogP contribution in [0.1, 0.15) is 17.4 Å². The van der Waals surface area contributed by atoms with Crippen LogP contribution in [0.5, 0.6) is 0 Å². The SMILES string of the molecule is CCn1cc(C(=O)O)nc1N1CCN(C)CC1. The van der Waals surface area contributed by atoms with Crippen LogP contribution < -0.4 is 4.90 Å². The Kier molecular flexibility index (Phi) is 3.33. The Balaban J connectivity index is 2.21. The van der Waals surface area contributed by atoms with Crippen LogP contribution in [0.15, 0.2) is 6.20 Å². The van der Waals surface area contributed by atoms with Crippen LogP contribution in [0.4, 0.5) is 5.95 Å². The molecule has 6 nitrogen and oxygen atoms in total. The summed E-state index contributed by atoms with van der Waals surface area (Å²) in [6.07, 6.45) is 1.61. The third-order valence-corrected chi connectivity index (χ3v) is 3.10. The van der Waals surface area contributed by atoms with Crippen LogP contribution in [0.25, 0.3) is 0 Å². The summed E-state index contributed by atoms with van der Waals surface area (Å²) in [7, 11) is 2.09.